The smallest absolute Gasteiger partial charge is 0.258 e. The zero-order valence-corrected chi connectivity index (χ0v) is 19.3. The highest BCUT2D eigenvalue weighted by molar-refractivity contribution is 5.87. The van der Waals surface area contributed by atoms with Crippen molar-refractivity contribution in [1.82, 2.24) is 14.0 Å². The van der Waals surface area contributed by atoms with Crippen molar-refractivity contribution in [3.8, 4) is 11.4 Å². The van der Waals surface area contributed by atoms with Crippen molar-refractivity contribution in [3.05, 3.63) is 94.0 Å². The van der Waals surface area contributed by atoms with Crippen molar-refractivity contribution in [2.75, 3.05) is 13.1 Å². The van der Waals surface area contributed by atoms with Crippen LogP contribution in [0, 0.1) is 0 Å². The Morgan fingerprint density at radius 3 is 2.59 bits per heavy atom. The number of rotatable bonds is 6. The van der Waals surface area contributed by atoms with E-state index in [9.17, 15) is 13.6 Å². The number of ether oxygens (including phenoxy) is 1. The van der Waals surface area contributed by atoms with Crippen molar-refractivity contribution >= 4 is 10.9 Å². The quantitative estimate of drug-likeness (QED) is 0.407. The van der Waals surface area contributed by atoms with Gasteiger partial charge in [-0.3, -0.25) is 14.3 Å². The predicted molar refractivity (Wildman–Crippen MR) is 129 cm³/mol. The van der Waals surface area contributed by atoms with E-state index < -0.39 is 5.92 Å². The maximum Gasteiger partial charge on any atom is 0.258 e. The summed E-state index contributed by atoms with van der Waals surface area (Å²) < 4.78 is 36.6. The van der Waals surface area contributed by atoms with Crippen LogP contribution >= 0.6 is 0 Å². The van der Waals surface area contributed by atoms with Crippen LogP contribution in [0.4, 0.5) is 8.78 Å². The molecule has 176 valence electrons. The average molecular weight is 464 g/mol. The van der Waals surface area contributed by atoms with E-state index in [1.807, 2.05) is 60.5 Å². The lowest BCUT2D eigenvalue weighted by Crippen LogP contribution is -2.38. The zero-order chi connectivity index (χ0) is 23.9. The standard InChI is InChI=1S/C27H27F2N3O2/c1-27(28,29)18-31-12-11-24-23(16-31)22-9-8-20(14-25(22)30(24)2)32-13-10-21(15-26(32)33)34-17-19-6-4-3-5-7-19/h3-10,13-15H,11-12,16-18H2,1-2H3. The summed E-state index contributed by atoms with van der Waals surface area (Å²) in [6.07, 6.45) is 2.44. The van der Waals surface area contributed by atoms with Crippen LogP contribution < -0.4 is 10.3 Å². The van der Waals surface area contributed by atoms with Crippen LogP contribution in [0.3, 0.4) is 0 Å². The molecule has 7 heteroatoms. The molecule has 0 unspecified atom stereocenters. The van der Waals surface area contributed by atoms with Crippen LogP contribution in [-0.2, 0) is 26.6 Å². The van der Waals surface area contributed by atoms with E-state index in [1.54, 1.807) is 16.8 Å². The molecule has 0 aliphatic carbocycles. The van der Waals surface area contributed by atoms with E-state index in [-0.39, 0.29) is 12.1 Å². The number of benzene rings is 2. The largest absolute Gasteiger partial charge is 0.489 e. The highest BCUT2D eigenvalue weighted by atomic mass is 19.3. The fraction of sp³-hybridized carbons (Fsp3) is 0.296. The van der Waals surface area contributed by atoms with Gasteiger partial charge in [0, 0.05) is 56.8 Å². The van der Waals surface area contributed by atoms with Gasteiger partial charge >= 0.3 is 0 Å². The molecule has 1 aliphatic rings. The molecule has 1 aliphatic heterocycles. The van der Waals surface area contributed by atoms with E-state index in [1.165, 1.54) is 11.8 Å². The van der Waals surface area contributed by atoms with E-state index >= 15 is 0 Å². The highest BCUT2D eigenvalue weighted by Crippen LogP contribution is 2.32. The van der Waals surface area contributed by atoms with Gasteiger partial charge in [-0.25, -0.2) is 8.78 Å². The van der Waals surface area contributed by atoms with Crippen LogP contribution in [0.15, 0.2) is 71.7 Å². The first-order chi connectivity index (χ1) is 16.3. The van der Waals surface area contributed by atoms with Crippen molar-refractivity contribution < 1.29 is 13.5 Å². The molecule has 0 radical (unpaired) electrons. The topological polar surface area (TPSA) is 39.4 Å². The molecule has 0 atom stereocenters. The van der Waals surface area contributed by atoms with Gasteiger partial charge in [-0.2, -0.15) is 0 Å². The molecule has 5 nitrogen and oxygen atoms in total. The molecule has 0 bridgehead atoms. The number of nitrogens with zero attached hydrogens (tertiary/aromatic N) is 3. The van der Waals surface area contributed by atoms with Gasteiger partial charge < -0.3 is 9.30 Å². The Morgan fingerprint density at radius 2 is 1.85 bits per heavy atom. The number of aromatic nitrogens is 2. The second kappa shape index (κ2) is 8.72. The monoisotopic (exact) mass is 463 g/mol. The summed E-state index contributed by atoms with van der Waals surface area (Å²) in [6, 6.07) is 19.0. The highest BCUT2D eigenvalue weighted by Gasteiger charge is 2.29. The van der Waals surface area contributed by atoms with Crippen molar-refractivity contribution in [2.45, 2.75) is 32.4 Å². The summed E-state index contributed by atoms with van der Waals surface area (Å²) in [6.45, 7) is 2.23. The summed E-state index contributed by atoms with van der Waals surface area (Å²) in [4.78, 5) is 14.7. The number of halogens is 2. The third-order valence-electron chi connectivity index (χ3n) is 6.39. The Labute approximate surface area is 196 Å². The van der Waals surface area contributed by atoms with Crippen LogP contribution in [-0.4, -0.2) is 33.0 Å². The minimum atomic E-state index is -2.71. The van der Waals surface area contributed by atoms with Gasteiger partial charge in [0.25, 0.3) is 11.5 Å². The fourth-order valence-electron chi connectivity index (χ4n) is 4.80. The minimum absolute atomic E-state index is 0.180. The third-order valence-corrected chi connectivity index (χ3v) is 6.39. The maximum absolute atomic E-state index is 13.6. The Kier molecular flexibility index (Phi) is 5.73. The lowest BCUT2D eigenvalue weighted by molar-refractivity contribution is -0.0179. The van der Waals surface area contributed by atoms with Crippen molar-refractivity contribution in [3.63, 3.8) is 0 Å². The summed E-state index contributed by atoms with van der Waals surface area (Å²) >= 11 is 0. The number of alkyl halides is 2. The molecule has 0 N–H and O–H groups in total. The second-order valence-corrected chi connectivity index (χ2v) is 9.06. The van der Waals surface area contributed by atoms with Crippen LogP contribution in [0.2, 0.25) is 0 Å². The van der Waals surface area contributed by atoms with Gasteiger partial charge in [-0.15, -0.1) is 0 Å². The molecule has 0 amide bonds. The molecule has 5 rings (SSSR count). The molecular weight excluding hydrogens is 436 g/mol. The van der Waals surface area contributed by atoms with Gasteiger partial charge in [-0.1, -0.05) is 36.4 Å². The first-order valence-electron chi connectivity index (χ1n) is 11.4. The summed E-state index contributed by atoms with van der Waals surface area (Å²) in [5, 5.41) is 1.04. The minimum Gasteiger partial charge on any atom is -0.489 e. The normalized spacial score (nSPS) is 14.4. The van der Waals surface area contributed by atoms with Gasteiger partial charge in [0.15, 0.2) is 0 Å². The number of fused-ring (bicyclic) bond motifs is 3. The Morgan fingerprint density at radius 1 is 1.06 bits per heavy atom. The number of hydrogen-bond acceptors (Lipinski definition) is 3. The van der Waals surface area contributed by atoms with Crippen LogP contribution in [0.25, 0.3) is 16.6 Å². The molecule has 3 heterocycles. The SMILES string of the molecule is Cn1c2c(c3ccc(-n4ccc(OCc5ccccc5)cc4=O)cc31)CN(CC(C)(F)F)CC2. The van der Waals surface area contributed by atoms with Gasteiger partial charge in [0.2, 0.25) is 0 Å². The number of aryl methyl sites for hydroxylation is 1. The van der Waals surface area contributed by atoms with E-state index in [2.05, 4.69) is 4.57 Å². The molecule has 0 saturated heterocycles. The predicted octanol–water partition coefficient (Wildman–Crippen LogP) is 4.92. The van der Waals surface area contributed by atoms with Gasteiger partial charge in [-0.05, 0) is 29.3 Å². The van der Waals surface area contributed by atoms with Gasteiger partial charge in [0.1, 0.15) is 12.4 Å². The summed E-state index contributed by atoms with van der Waals surface area (Å²) in [7, 11) is 2.00. The van der Waals surface area contributed by atoms with E-state index in [4.69, 9.17) is 4.74 Å². The van der Waals surface area contributed by atoms with Crippen molar-refractivity contribution in [1.29, 1.82) is 0 Å². The Bertz CT molecular complexity index is 1390. The molecule has 4 aromatic rings. The number of hydrogen-bond donors (Lipinski definition) is 0. The molecule has 0 saturated carbocycles. The second-order valence-electron chi connectivity index (χ2n) is 9.06. The first-order valence-corrected chi connectivity index (χ1v) is 11.4. The third kappa shape index (κ3) is 4.48. The lowest BCUT2D eigenvalue weighted by atomic mass is 10.0. The summed E-state index contributed by atoms with van der Waals surface area (Å²) in [5.41, 5.74) is 4.86. The van der Waals surface area contributed by atoms with Crippen LogP contribution in [0.5, 0.6) is 5.75 Å². The van der Waals surface area contributed by atoms with Gasteiger partial charge in [0.05, 0.1) is 17.7 Å². The molecule has 2 aromatic heterocycles. The Hall–Kier alpha value is -3.45. The summed E-state index contributed by atoms with van der Waals surface area (Å²) in [5.74, 6) is -2.19. The molecule has 34 heavy (non-hydrogen) atoms. The van der Waals surface area contributed by atoms with E-state index in [0.29, 0.717) is 25.4 Å². The van der Waals surface area contributed by atoms with E-state index in [0.717, 1.165) is 41.1 Å². The molecular formula is C27H27F2N3O2. The molecule has 0 fully saturated rings. The fourth-order valence-corrected chi connectivity index (χ4v) is 4.80. The lowest BCUT2D eigenvalue weighted by Gasteiger charge is -2.29. The van der Waals surface area contributed by atoms with Crippen molar-refractivity contribution in [2.24, 2.45) is 7.05 Å². The maximum atomic E-state index is 13.6. The molecule has 2 aromatic carbocycles. The van der Waals surface area contributed by atoms with Crippen LogP contribution in [0.1, 0.15) is 23.7 Å². The number of pyridine rings is 1. The zero-order valence-electron chi connectivity index (χ0n) is 19.3. The molecule has 0 spiro atoms. The Balaban J connectivity index is 1.41. The average Bonchev–Trinajstić information content (AvgIpc) is 3.08. The first kappa shape index (κ1) is 22.3.